The molecule has 1 fully saturated rings. The van der Waals surface area contributed by atoms with Crippen LogP contribution in [0.2, 0.25) is 0 Å². The zero-order valence-corrected chi connectivity index (χ0v) is 13.0. The summed E-state index contributed by atoms with van der Waals surface area (Å²) in [5, 5.41) is 3.54. The minimum Gasteiger partial charge on any atom is -0.497 e. The van der Waals surface area contributed by atoms with Crippen LogP contribution in [0.3, 0.4) is 0 Å². The second-order valence-electron chi connectivity index (χ2n) is 5.46. The Kier molecular flexibility index (Phi) is 4.53. The first-order valence-corrected chi connectivity index (χ1v) is 7.52. The first kappa shape index (κ1) is 14.8. The molecule has 0 amide bonds. The van der Waals surface area contributed by atoms with E-state index in [-0.39, 0.29) is 0 Å². The molecule has 1 atom stereocenters. The van der Waals surface area contributed by atoms with Crippen molar-refractivity contribution in [3.63, 3.8) is 0 Å². The maximum Gasteiger partial charge on any atom is 0.124 e. The van der Waals surface area contributed by atoms with Crippen molar-refractivity contribution in [3.8, 4) is 11.5 Å². The van der Waals surface area contributed by atoms with Crippen LogP contribution in [0.25, 0.3) is 0 Å². The molecular formula is C17H22N2O3. The molecule has 1 saturated heterocycles. The van der Waals surface area contributed by atoms with Crippen LogP contribution in [0.15, 0.2) is 41.0 Å². The molecule has 2 heterocycles. The summed E-state index contributed by atoms with van der Waals surface area (Å²) in [5.41, 5.74) is 1.14. The van der Waals surface area contributed by atoms with Crippen LogP contribution in [0.4, 0.5) is 5.69 Å². The van der Waals surface area contributed by atoms with Crippen LogP contribution in [0.5, 0.6) is 11.5 Å². The Hall–Kier alpha value is -2.14. The van der Waals surface area contributed by atoms with E-state index in [9.17, 15) is 0 Å². The van der Waals surface area contributed by atoms with Crippen molar-refractivity contribution < 1.29 is 13.9 Å². The van der Waals surface area contributed by atoms with Crippen LogP contribution >= 0.6 is 0 Å². The number of ether oxygens (including phenoxy) is 2. The molecule has 1 N–H and O–H groups in total. The molecule has 2 aromatic rings. The van der Waals surface area contributed by atoms with Gasteiger partial charge in [0.15, 0.2) is 0 Å². The Bertz CT molecular complexity index is 576. The second-order valence-corrected chi connectivity index (χ2v) is 5.46. The van der Waals surface area contributed by atoms with Gasteiger partial charge in [-0.25, -0.2) is 0 Å². The van der Waals surface area contributed by atoms with Gasteiger partial charge in [-0.05, 0) is 18.6 Å². The van der Waals surface area contributed by atoms with Crippen molar-refractivity contribution >= 4 is 5.69 Å². The number of rotatable bonds is 6. The highest BCUT2D eigenvalue weighted by Crippen LogP contribution is 2.30. The second kappa shape index (κ2) is 6.75. The minimum atomic E-state index is 0.460. The lowest BCUT2D eigenvalue weighted by Crippen LogP contribution is -2.32. The molecule has 3 rings (SSSR count). The van der Waals surface area contributed by atoms with Gasteiger partial charge < -0.3 is 24.1 Å². The molecule has 0 aliphatic carbocycles. The summed E-state index contributed by atoms with van der Waals surface area (Å²) in [6.45, 7) is 2.76. The number of hydrogen-bond donors (Lipinski definition) is 1. The number of methoxy groups -OCH3 is 2. The zero-order valence-electron chi connectivity index (χ0n) is 13.0. The van der Waals surface area contributed by atoms with E-state index >= 15 is 0 Å². The Morgan fingerprint density at radius 2 is 2.00 bits per heavy atom. The van der Waals surface area contributed by atoms with Crippen molar-refractivity contribution in [2.24, 2.45) is 0 Å². The van der Waals surface area contributed by atoms with Gasteiger partial charge in [0.1, 0.15) is 17.3 Å². The van der Waals surface area contributed by atoms with Crippen LogP contribution in [0.1, 0.15) is 12.2 Å². The first-order valence-electron chi connectivity index (χ1n) is 7.52. The van der Waals surface area contributed by atoms with Gasteiger partial charge in [-0.15, -0.1) is 0 Å². The molecule has 0 bridgehead atoms. The van der Waals surface area contributed by atoms with E-state index in [0.717, 1.165) is 49.0 Å². The van der Waals surface area contributed by atoms with Crippen molar-refractivity contribution in [3.05, 3.63) is 42.4 Å². The highest BCUT2D eigenvalue weighted by atomic mass is 16.5. The molecular weight excluding hydrogens is 280 g/mol. The van der Waals surface area contributed by atoms with E-state index in [1.54, 1.807) is 20.5 Å². The summed E-state index contributed by atoms with van der Waals surface area (Å²) in [6.07, 6.45) is 2.82. The molecule has 0 spiro atoms. The summed E-state index contributed by atoms with van der Waals surface area (Å²) in [6, 6.07) is 10.4. The van der Waals surface area contributed by atoms with Gasteiger partial charge in [0.25, 0.3) is 0 Å². The van der Waals surface area contributed by atoms with Crippen molar-refractivity contribution in [1.82, 2.24) is 5.32 Å². The van der Waals surface area contributed by atoms with E-state index in [0.29, 0.717) is 6.04 Å². The molecule has 22 heavy (non-hydrogen) atoms. The maximum absolute atomic E-state index is 5.36. The summed E-state index contributed by atoms with van der Waals surface area (Å²) < 4.78 is 16.0. The zero-order chi connectivity index (χ0) is 15.4. The molecule has 0 saturated carbocycles. The highest BCUT2D eigenvalue weighted by molar-refractivity contribution is 5.56. The molecule has 5 nitrogen and oxygen atoms in total. The third-order valence-corrected chi connectivity index (χ3v) is 4.03. The molecule has 5 heteroatoms. The molecule has 118 valence electrons. The predicted molar refractivity (Wildman–Crippen MR) is 85.7 cm³/mol. The largest absolute Gasteiger partial charge is 0.497 e. The minimum absolute atomic E-state index is 0.460. The van der Waals surface area contributed by atoms with Crippen molar-refractivity contribution in [1.29, 1.82) is 0 Å². The Morgan fingerprint density at radius 3 is 2.64 bits per heavy atom. The average Bonchev–Trinajstić information content (AvgIpc) is 3.23. The van der Waals surface area contributed by atoms with Crippen LogP contribution in [-0.4, -0.2) is 33.4 Å². The summed E-state index contributed by atoms with van der Waals surface area (Å²) >= 11 is 0. The number of benzene rings is 1. The maximum atomic E-state index is 5.36. The predicted octanol–water partition coefficient (Wildman–Crippen LogP) is 2.67. The van der Waals surface area contributed by atoms with E-state index in [1.165, 1.54) is 0 Å². The standard InChI is InChI=1S/C17H22N2O3/c1-20-16-8-14(9-17(10-16)21-2)19-6-5-13(12-19)18-11-15-4-3-7-22-15/h3-4,7-10,13,18H,5-6,11-12H2,1-2H3/t13-/m1/s1. The number of nitrogens with zero attached hydrogens (tertiary/aromatic N) is 1. The summed E-state index contributed by atoms with van der Waals surface area (Å²) in [7, 11) is 3.35. The van der Waals surface area contributed by atoms with Crippen molar-refractivity contribution in [2.45, 2.75) is 19.0 Å². The van der Waals surface area contributed by atoms with E-state index < -0.39 is 0 Å². The SMILES string of the molecule is COc1cc(OC)cc(N2CC[C@@H](NCc3ccco3)C2)c1. The Balaban J connectivity index is 1.62. The fraction of sp³-hybridized carbons (Fsp3) is 0.412. The molecule has 0 radical (unpaired) electrons. The molecule has 1 aliphatic heterocycles. The van der Waals surface area contributed by atoms with Gasteiger partial charge in [0.05, 0.1) is 27.0 Å². The highest BCUT2D eigenvalue weighted by Gasteiger charge is 2.23. The van der Waals surface area contributed by atoms with Gasteiger partial charge >= 0.3 is 0 Å². The van der Waals surface area contributed by atoms with Crippen LogP contribution in [0, 0.1) is 0 Å². The lowest BCUT2D eigenvalue weighted by Gasteiger charge is -2.20. The van der Waals surface area contributed by atoms with Crippen LogP contribution < -0.4 is 19.7 Å². The number of nitrogens with one attached hydrogen (secondary N) is 1. The number of anilines is 1. The smallest absolute Gasteiger partial charge is 0.124 e. The molecule has 1 aromatic heterocycles. The monoisotopic (exact) mass is 302 g/mol. The summed E-state index contributed by atoms with van der Waals surface area (Å²) in [5.74, 6) is 2.61. The summed E-state index contributed by atoms with van der Waals surface area (Å²) in [4.78, 5) is 2.35. The normalized spacial score (nSPS) is 17.7. The first-order chi connectivity index (χ1) is 10.8. The van der Waals surface area contributed by atoms with E-state index in [1.807, 2.05) is 18.2 Å². The quantitative estimate of drug-likeness (QED) is 0.889. The number of hydrogen-bond acceptors (Lipinski definition) is 5. The van der Waals surface area contributed by atoms with E-state index in [2.05, 4.69) is 22.3 Å². The fourth-order valence-corrected chi connectivity index (χ4v) is 2.79. The van der Waals surface area contributed by atoms with E-state index in [4.69, 9.17) is 13.9 Å². The number of furan rings is 1. The Morgan fingerprint density at radius 1 is 1.23 bits per heavy atom. The fourth-order valence-electron chi connectivity index (χ4n) is 2.79. The molecule has 1 aliphatic rings. The third kappa shape index (κ3) is 3.36. The van der Waals surface area contributed by atoms with Crippen molar-refractivity contribution in [2.75, 3.05) is 32.2 Å². The molecule has 1 aromatic carbocycles. The van der Waals surface area contributed by atoms with Gasteiger partial charge in [0, 0.05) is 43.0 Å². The topological polar surface area (TPSA) is 46.9 Å². The third-order valence-electron chi connectivity index (χ3n) is 4.03. The van der Waals surface area contributed by atoms with Gasteiger partial charge in [-0.3, -0.25) is 0 Å². The van der Waals surface area contributed by atoms with Gasteiger partial charge in [-0.1, -0.05) is 0 Å². The molecule has 0 unspecified atom stereocenters. The lowest BCUT2D eigenvalue weighted by molar-refractivity contribution is 0.394. The Labute approximate surface area is 130 Å². The average molecular weight is 302 g/mol. The van der Waals surface area contributed by atoms with Gasteiger partial charge in [-0.2, -0.15) is 0 Å². The lowest BCUT2D eigenvalue weighted by atomic mass is 10.2. The van der Waals surface area contributed by atoms with Gasteiger partial charge in [0.2, 0.25) is 0 Å². The van der Waals surface area contributed by atoms with Crippen LogP contribution in [-0.2, 0) is 6.54 Å².